The molecule has 9 aromatic carbocycles. The van der Waals surface area contributed by atoms with Crippen LogP contribution < -0.4 is 4.74 Å². The summed E-state index contributed by atoms with van der Waals surface area (Å²) < 4.78 is 6.83. The summed E-state index contributed by atoms with van der Waals surface area (Å²) in [7, 11) is 0. The Morgan fingerprint density at radius 2 is 0.710 bits per heavy atom. The SMILES string of the molecule is c1ccc(-c2ccc(-c3cc(-c4cccc(-c5cccc(-c6ccc7c(c6)Oc6ccccc6C76c7ccccc7-c7ccccc76)c5)c4)nc(-c4ccccc4)n3)cc2)cc1. The van der Waals surface area contributed by atoms with Gasteiger partial charge in [0, 0.05) is 27.8 Å². The van der Waals surface area contributed by atoms with E-state index < -0.39 is 5.41 Å². The van der Waals surface area contributed by atoms with Crippen molar-refractivity contribution in [3.63, 3.8) is 0 Å². The van der Waals surface area contributed by atoms with E-state index in [-0.39, 0.29) is 0 Å². The molecule has 1 spiro atoms. The fraction of sp³-hybridized carbons (Fsp3) is 0.0169. The number of hydrogen-bond donors (Lipinski definition) is 0. The van der Waals surface area contributed by atoms with Gasteiger partial charge in [0.25, 0.3) is 0 Å². The van der Waals surface area contributed by atoms with Gasteiger partial charge in [-0.1, -0.05) is 200 Å². The highest BCUT2D eigenvalue weighted by Gasteiger charge is 2.50. The van der Waals surface area contributed by atoms with E-state index in [0.717, 1.165) is 67.4 Å². The van der Waals surface area contributed by atoms with Crippen molar-refractivity contribution in [1.82, 2.24) is 9.97 Å². The molecule has 0 bridgehead atoms. The van der Waals surface area contributed by atoms with Crippen molar-refractivity contribution in [2.75, 3.05) is 0 Å². The van der Waals surface area contributed by atoms with Crippen LogP contribution in [-0.2, 0) is 5.41 Å². The number of fused-ring (bicyclic) bond motifs is 9. The van der Waals surface area contributed by atoms with Crippen LogP contribution >= 0.6 is 0 Å². The van der Waals surface area contributed by atoms with Crippen molar-refractivity contribution in [2.45, 2.75) is 5.41 Å². The molecule has 0 N–H and O–H groups in total. The Bertz CT molecular complexity index is 3270. The van der Waals surface area contributed by atoms with E-state index in [1.165, 1.54) is 38.9 Å². The molecule has 10 aromatic rings. The van der Waals surface area contributed by atoms with Gasteiger partial charge in [-0.3, -0.25) is 0 Å². The fourth-order valence-electron chi connectivity index (χ4n) is 9.70. The molecule has 3 heteroatoms. The molecular weight excluding hydrogens is 753 g/mol. The molecule has 0 atom stereocenters. The van der Waals surface area contributed by atoms with Crippen molar-refractivity contribution in [3.8, 4) is 89.9 Å². The first-order chi connectivity index (χ1) is 30.7. The summed E-state index contributed by atoms with van der Waals surface area (Å²) in [6.45, 7) is 0. The quantitative estimate of drug-likeness (QED) is 0.168. The van der Waals surface area contributed by atoms with Crippen LogP contribution in [0.2, 0.25) is 0 Å². The van der Waals surface area contributed by atoms with Crippen LogP contribution in [0.25, 0.3) is 78.4 Å². The molecule has 2 heterocycles. The normalized spacial score (nSPS) is 12.8. The standard InChI is InChI=1S/C59H38N2O/c1-3-15-39(16-4-1)40-29-31-41(32-30-40)54-38-55(61-58(60-54)42-17-5-2-6-18-42)47-22-14-21-45(36-47)43-19-13-20-44(35-43)46-33-34-53-57(37-46)62-56-28-12-11-27-52(56)59(53)50-25-9-7-23-48(50)49-24-8-10-26-51(49)59/h1-38H. The molecular formula is C59H38N2O. The summed E-state index contributed by atoms with van der Waals surface area (Å²) in [6.07, 6.45) is 0. The number of ether oxygens (including phenoxy) is 1. The zero-order valence-corrected chi connectivity index (χ0v) is 33.7. The molecule has 0 radical (unpaired) electrons. The van der Waals surface area contributed by atoms with Gasteiger partial charge >= 0.3 is 0 Å². The van der Waals surface area contributed by atoms with Crippen molar-refractivity contribution in [3.05, 3.63) is 253 Å². The van der Waals surface area contributed by atoms with Crippen molar-refractivity contribution in [2.24, 2.45) is 0 Å². The summed E-state index contributed by atoms with van der Waals surface area (Å²) in [5.74, 6) is 2.46. The Labute approximate surface area is 361 Å². The molecule has 1 aliphatic carbocycles. The van der Waals surface area contributed by atoms with Crippen LogP contribution in [0.4, 0.5) is 0 Å². The van der Waals surface area contributed by atoms with Gasteiger partial charge in [0.05, 0.1) is 16.8 Å². The predicted molar refractivity (Wildman–Crippen MR) is 252 cm³/mol. The van der Waals surface area contributed by atoms with Gasteiger partial charge in [-0.15, -0.1) is 0 Å². The number of benzene rings is 9. The van der Waals surface area contributed by atoms with Crippen molar-refractivity contribution < 1.29 is 4.74 Å². The molecule has 0 unspecified atom stereocenters. The first kappa shape index (κ1) is 35.8. The third-order valence-corrected chi connectivity index (χ3v) is 12.6. The monoisotopic (exact) mass is 790 g/mol. The fourth-order valence-corrected chi connectivity index (χ4v) is 9.70. The van der Waals surface area contributed by atoms with E-state index in [2.05, 4.69) is 206 Å². The maximum absolute atomic E-state index is 6.83. The van der Waals surface area contributed by atoms with Gasteiger partial charge in [0.15, 0.2) is 5.82 Å². The molecule has 0 saturated heterocycles. The highest BCUT2D eigenvalue weighted by atomic mass is 16.5. The Kier molecular flexibility index (Phi) is 8.39. The lowest BCUT2D eigenvalue weighted by atomic mass is 9.66. The largest absolute Gasteiger partial charge is 0.457 e. The van der Waals surface area contributed by atoms with Crippen molar-refractivity contribution >= 4 is 0 Å². The molecule has 1 aliphatic heterocycles. The molecule has 1 aromatic heterocycles. The van der Waals surface area contributed by atoms with Gasteiger partial charge in [-0.05, 0) is 86.0 Å². The Morgan fingerprint density at radius 3 is 1.37 bits per heavy atom. The Hall–Kier alpha value is -8.14. The number of hydrogen-bond acceptors (Lipinski definition) is 3. The summed E-state index contributed by atoms with van der Waals surface area (Å²) >= 11 is 0. The van der Waals surface area contributed by atoms with Crippen LogP contribution in [0.1, 0.15) is 22.3 Å². The average Bonchev–Trinajstić information content (AvgIpc) is 3.65. The average molecular weight is 791 g/mol. The summed E-state index contributed by atoms with van der Waals surface area (Å²) in [5, 5.41) is 0. The maximum atomic E-state index is 6.83. The Balaban J connectivity index is 0.924. The van der Waals surface area contributed by atoms with Gasteiger partial charge in [-0.25, -0.2) is 9.97 Å². The highest BCUT2D eigenvalue weighted by molar-refractivity contribution is 5.89. The van der Waals surface area contributed by atoms with Crippen LogP contribution in [0.15, 0.2) is 231 Å². The minimum absolute atomic E-state index is 0.481. The predicted octanol–water partition coefficient (Wildman–Crippen LogP) is 14.9. The summed E-state index contributed by atoms with van der Waals surface area (Å²) in [4.78, 5) is 10.2. The van der Waals surface area contributed by atoms with Gasteiger partial charge in [0.1, 0.15) is 11.5 Å². The molecule has 3 nitrogen and oxygen atoms in total. The van der Waals surface area contributed by atoms with Crippen LogP contribution in [0.3, 0.4) is 0 Å². The summed E-state index contributed by atoms with van der Waals surface area (Å²) in [6, 6.07) is 81.9. The molecule has 0 saturated carbocycles. The van der Waals surface area contributed by atoms with Gasteiger partial charge < -0.3 is 4.74 Å². The highest BCUT2D eigenvalue weighted by Crippen LogP contribution is 2.62. The first-order valence-corrected chi connectivity index (χ1v) is 21.1. The number of rotatable bonds is 6. The third kappa shape index (κ3) is 5.82. The summed E-state index contributed by atoms with van der Waals surface area (Å²) in [5.41, 5.74) is 18.6. The lowest BCUT2D eigenvalue weighted by molar-refractivity contribution is 0.436. The van der Waals surface area contributed by atoms with Crippen LogP contribution in [0, 0.1) is 0 Å². The zero-order valence-electron chi connectivity index (χ0n) is 33.7. The topological polar surface area (TPSA) is 35.0 Å². The molecule has 290 valence electrons. The number of aromatic nitrogens is 2. The lowest BCUT2D eigenvalue weighted by Crippen LogP contribution is -2.32. The minimum Gasteiger partial charge on any atom is -0.457 e. The molecule has 62 heavy (non-hydrogen) atoms. The second-order valence-corrected chi connectivity index (χ2v) is 16.1. The van der Waals surface area contributed by atoms with E-state index in [0.29, 0.717) is 5.82 Å². The van der Waals surface area contributed by atoms with E-state index >= 15 is 0 Å². The van der Waals surface area contributed by atoms with E-state index in [1.54, 1.807) is 0 Å². The molecule has 12 rings (SSSR count). The van der Waals surface area contributed by atoms with Gasteiger partial charge in [0.2, 0.25) is 0 Å². The molecule has 0 fully saturated rings. The number of nitrogens with zero attached hydrogens (tertiary/aromatic N) is 2. The Morgan fingerprint density at radius 1 is 0.274 bits per heavy atom. The zero-order chi connectivity index (χ0) is 41.0. The van der Waals surface area contributed by atoms with E-state index in [1.807, 2.05) is 24.3 Å². The van der Waals surface area contributed by atoms with Crippen LogP contribution in [-0.4, -0.2) is 9.97 Å². The van der Waals surface area contributed by atoms with Crippen LogP contribution in [0.5, 0.6) is 11.5 Å². The second-order valence-electron chi connectivity index (χ2n) is 16.1. The minimum atomic E-state index is -0.481. The van der Waals surface area contributed by atoms with E-state index in [4.69, 9.17) is 14.7 Å². The van der Waals surface area contributed by atoms with E-state index in [9.17, 15) is 0 Å². The molecule has 0 amide bonds. The number of para-hydroxylation sites is 1. The maximum Gasteiger partial charge on any atom is 0.160 e. The third-order valence-electron chi connectivity index (χ3n) is 12.6. The lowest BCUT2D eigenvalue weighted by Gasteiger charge is -2.39. The molecule has 2 aliphatic rings. The second kappa shape index (κ2) is 14.5. The van der Waals surface area contributed by atoms with Gasteiger partial charge in [-0.2, -0.15) is 0 Å². The smallest absolute Gasteiger partial charge is 0.160 e. The van der Waals surface area contributed by atoms with Crippen molar-refractivity contribution in [1.29, 1.82) is 0 Å². The first-order valence-electron chi connectivity index (χ1n) is 21.1.